The monoisotopic (exact) mass is 472 g/mol. The van der Waals surface area contributed by atoms with Crippen molar-refractivity contribution < 1.29 is 19.5 Å². The molecule has 1 atom stereocenters. The Hall–Kier alpha value is -3.91. The summed E-state index contributed by atoms with van der Waals surface area (Å²) >= 11 is 1.25. The summed E-state index contributed by atoms with van der Waals surface area (Å²) in [5.41, 5.74) is 2.27. The maximum absolute atomic E-state index is 13.1. The standard InChI is InChI=1S/C26H23N3O4S/c30-23-17-22(24(31)27-21-13-11-19(12-14-21)25(32)33)34-26(28-20-9-5-2-6-10-20)29(23)16-15-18-7-3-1-4-8-18/h1-14,22H,15-17H2,(H,27,31)(H,32,33)/p-1/t22-/m0/s1. The minimum absolute atomic E-state index is 0.0200. The van der Waals surface area contributed by atoms with E-state index in [-0.39, 0.29) is 23.8 Å². The van der Waals surface area contributed by atoms with Crippen molar-refractivity contribution >= 4 is 46.1 Å². The number of rotatable bonds is 7. The predicted octanol–water partition coefficient (Wildman–Crippen LogP) is 3.25. The highest BCUT2D eigenvalue weighted by Gasteiger charge is 2.35. The van der Waals surface area contributed by atoms with Gasteiger partial charge in [0.05, 0.1) is 11.7 Å². The fourth-order valence-corrected chi connectivity index (χ4v) is 4.60. The molecule has 3 aromatic rings. The van der Waals surface area contributed by atoms with E-state index in [0.717, 1.165) is 5.56 Å². The lowest BCUT2D eigenvalue weighted by atomic mass is 10.1. The number of carboxylic acids is 1. The molecule has 3 aromatic carbocycles. The van der Waals surface area contributed by atoms with Gasteiger partial charge in [0.1, 0.15) is 5.25 Å². The molecular formula is C26H22N3O4S-. The summed E-state index contributed by atoms with van der Waals surface area (Å²) in [7, 11) is 0. The van der Waals surface area contributed by atoms with Crippen molar-refractivity contribution in [2.75, 3.05) is 11.9 Å². The van der Waals surface area contributed by atoms with Crippen molar-refractivity contribution in [2.24, 2.45) is 4.99 Å². The molecule has 1 N–H and O–H groups in total. The summed E-state index contributed by atoms with van der Waals surface area (Å²) in [5, 5.41) is 13.5. The minimum Gasteiger partial charge on any atom is -0.545 e. The van der Waals surface area contributed by atoms with Gasteiger partial charge in [-0.05, 0) is 41.8 Å². The number of amides is 2. The number of hydrogen-bond donors (Lipinski definition) is 1. The normalized spacial score (nSPS) is 16.9. The van der Waals surface area contributed by atoms with Crippen LogP contribution in [-0.4, -0.2) is 39.6 Å². The average Bonchev–Trinajstić information content (AvgIpc) is 2.85. The second-order valence-corrected chi connectivity index (χ2v) is 8.85. The molecule has 1 fully saturated rings. The number of benzene rings is 3. The summed E-state index contributed by atoms with van der Waals surface area (Å²) in [5.74, 6) is -1.80. The number of aliphatic imine (C=N–C) groups is 1. The van der Waals surface area contributed by atoms with Crippen LogP contribution in [0.1, 0.15) is 22.3 Å². The Bertz CT molecular complexity index is 1200. The highest BCUT2D eigenvalue weighted by atomic mass is 32.2. The molecule has 0 aliphatic carbocycles. The van der Waals surface area contributed by atoms with Gasteiger partial charge in [-0.15, -0.1) is 0 Å². The third-order valence-electron chi connectivity index (χ3n) is 5.27. The number of nitrogens with zero attached hydrogens (tertiary/aromatic N) is 2. The van der Waals surface area contributed by atoms with Gasteiger partial charge in [0, 0.05) is 18.7 Å². The molecule has 1 aliphatic heterocycles. The number of hydrogen-bond acceptors (Lipinski definition) is 6. The van der Waals surface area contributed by atoms with E-state index in [1.165, 1.54) is 36.0 Å². The van der Waals surface area contributed by atoms with Crippen LogP contribution in [0.15, 0.2) is 89.9 Å². The van der Waals surface area contributed by atoms with Gasteiger partial charge in [-0.1, -0.05) is 72.4 Å². The van der Waals surface area contributed by atoms with Crippen LogP contribution in [0.4, 0.5) is 11.4 Å². The minimum atomic E-state index is -1.29. The molecular weight excluding hydrogens is 450 g/mol. The van der Waals surface area contributed by atoms with E-state index >= 15 is 0 Å². The number of aromatic carboxylic acids is 1. The van der Waals surface area contributed by atoms with Crippen LogP contribution in [-0.2, 0) is 16.0 Å². The number of thioether (sulfide) groups is 1. The van der Waals surface area contributed by atoms with E-state index in [2.05, 4.69) is 10.3 Å². The van der Waals surface area contributed by atoms with Crippen molar-refractivity contribution in [3.63, 3.8) is 0 Å². The fourth-order valence-electron chi connectivity index (χ4n) is 3.47. The molecule has 7 nitrogen and oxygen atoms in total. The van der Waals surface area contributed by atoms with Gasteiger partial charge in [-0.3, -0.25) is 14.5 Å². The number of para-hydroxylation sites is 1. The van der Waals surface area contributed by atoms with Crippen molar-refractivity contribution in [3.8, 4) is 0 Å². The second-order valence-electron chi connectivity index (χ2n) is 7.68. The first kappa shape index (κ1) is 23.3. The lowest BCUT2D eigenvalue weighted by Gasteiger charge is -2.32. The lowest BCUT2D eigenvalue weighted by molar-refractivity contribution is -0.255. The van der Waals surface area contributed by atoms with Gasteiger partial charge in [0.25, 0.3) is 0 Å². The molecule has 0 aromatic heterocycles. The molecule has 0 bridgehead atoms. The number of anilines is 1. The Labute approximate surface area is 201 Å². The molecule has 0 saturated carbocycles. The van der Waals surface area contributed by atoms with Crippen LogP contribution in [0.25, 0.3) is 0 Å². The zero-order valence-electron chi connectivity index (χ0n) is 18.2. The Morgan fingerprint density at radius 1 is 0.971 bits per heavy atom. The van der Waals surface area contributed by atoms with Gasteiger partial charge in [-0.25, -0.2) is 4.99 Å². The molecule has 0 spiro atoms. The largest absolute Gasteiger partial charge is 0.545 e. The molecule has 1 saturated heterocycles. The van der Waals surface area contributed by atoms with Gasteiger partial charge >= 0.3 is 0 Å². The Morgan fingerprint density at radius 3 is 2.26 bits per heavy atom. The van der Waals surface area contributed by atoms with E-state index < -0.39 is 11.2 Å². The van der Waals surface area contributed by atoms with E-state index in [0.29, 0.717) is 29.5 Å². The maximum atomic E-state index is 13.1. The van der Waals surface area contributed by atoms with E-state index in [1.807, 2.05) is 60.7 Å². The predicted molar refractivity (Wildman–Crippen MR) is 131 cm³/mol. The summed E-state index contributed by atoms with van der Waals surface area (Å²) in [6, 6.07) is 24.9. The molecule has 34 heavy (non-hydrogen) atoms. The van der Waals surface area contributed by atoms with Gasteiger partial charge in [0.2, 0.25) is 11.8 Å². The van der Waals surface area contributed by atoms with Gasteiger partial charge < -0.3 is 15.2 Å². The molecule has 172 valence electrons. The zero-order valence-corrected chi connectivity index (χ0v) is 19.0. The molecule has 1 heterocycles. The fraction of sp³-hybridized carbons (Fsp3) is 0.154. The summed E-state index contributed by atoms with van der Waals surface area (Å²) in [6.45, 7) is 0.459. The van der Waals surface area contributed by atoms with Crippen molar-refractivity contribution in [2.45, 2.75) is 18.1 Å². The SMILES string of the molecule is O=C([O-])c1ccc(NC(=O)[C@@H]2CC(=O)N(CCc3ccccc3)C(=Nc3ccccc3)S2)cc1. The summed E-state index contributed by atoms with van der Waals surface area (Å²) in [6.07, 6.45) is 0.707. The highest BCUT2D eigenvalue weighted by Crippen LogP contribution is 2.30. The Kier molecular flexibility index (Phi) is 7.39. The van der Waals surface area contributed by atoms with Gasteiger partial charge in [-0.2, -0.15) is 0 Å². The van der Waals surface area contributed by atoms with Crippen molar-refractivity contribution in [1.29, 1.82) is 0 Å². The van der Waals surface area contributed by atoms with Crippen LogP contribution >= 0.6 is 11.8 Å². The van der Waals surface area contributed by atoms with Crippen LogP contribution in [0.2, 0.25) is 0 Å². The average molecular weight is 473 g/mol. The summed E-state index contributed by atoms with van der Waals surface area (Å²) < 4.78 is 0. The zero-order chi connectivity index (χ0) is 23.9. The first-order valence-corrected chi connectivity index (χ1v) is 11.6. The molecule has 8 heteroatoms. The quantitative estimate of drug-likeness (QED) is 0.569. The van der Waals surface area contributed by atoms with Crippen LogP contribution < -0.4 is 10.4 Å². The van der Waals surface area contributed by atoms with E-state index in [9.17, 15) is 19.5 Å². The topological polar surface area (TPSA) is 102 Å². The Morgan fingerprint density at radius 2 is 1.62 bits per heavy atom. The van der Waals surface area contributed by atoms with Crippen molar-refractivity contribution in [3.05, 3.63) is 96.1 Å². The Balaban J connectivity index is 1.51. The third kappa shape index (κ3) is 5.90. The molecule has 0 radical (unpaired) electrons. The van der Waals surface area contributed by atoms with Crippen LogP contribution in [0.3, 0.4) is 0 Å². The summed E-state index contributed by atoms with van der Waals surface area (Å²) in [4.78, 5) is 43.2. The maximum Gasteiger partial charge on any atom is 0.238 e. The van der Waals surface area contributed by atoms with E-state index in [1.54, 1.807) is 4.90 Å². The smallest absolute Gasteiger partial charge is 0.238 e. The highest BCUT2D eigenvalue weighted by molar-refractivity contribution is 8.15. The first-order chi connectivity index (χ1) is 16.5. The van der Waals surface area contributed by atoms with Gasteiger partial charge in [0.15, 0.2) is 5.17 Å². The number of carbonyl (C=O) groups is 3. The number of carboxylic acid groups (broad SMARTS) is 1. The van der Waals surface area contributed by atoms with Crippen LogP contribution in [0.5, 0.6) is 0 Å². The molecule has 1 aliphatic rings. The number of carbonyl (C=O) groups excluding carboxylic acids is 3. The molecule has 4 rings (SSSR count). The lowest BCUT2D eigenvalue weighted by Crippen LogP contribution is -2.46. The van der Waals surface area contributed by atoms with E-state index in [4.69, 9.17) is 0 Å². The number of nitrogens with one attached hydrogen (secondary N) is 1. The number of amidine groups is 1. The van der Waals surface area contributed by atoms with Crippen molar-refractivity contribution in [1.82, 2.24) is 4.90 Å². The van der Waals surface area contributed by atoms with Crippen LogP contribution in [0, 0.1) is 0 Å². The second kappa shape index (κ2) is 10.8. The first-order valence-electron chi connectivity index (χ1n) is 10.8. The molecule has 0 unspecified atom stereocenters. The third-order valence-corrected chi connectivity index (χ3v) is 6.46. The molecule has 2 amide bonds.